The number of nitro groups is 1. The number of imide groups is 2. The van der Waals surface area contributed by atoms with Crippen LogP contribution in [0.4, 0.5) is 5.69 Å². The van der Waals surface area contributed by atoms with Gasteiger partial charge in [0.15, 0.2) is 0 Å². The molecule has 0 aliphatic carbocycles. The summed E-state index contributed by atoms with van der Waals surface area (Å²) in [7, 11) is 0. The van der Waals surface area contributed by atoms with Gasteiger partial charge in [0.1, 0.15) is 5.54 Å². The van der Waals surface area contributed by atoms with Crippen molar-refractivity contribution in [3.05, 3.63) is 39.4 Å². The minimum absolute atomic E-state index is 0.00417. The smallest absolute Gasteiger partial charge is 0.270 e. The van der Waals surface area contributed by atoms with Crippen LogP contribution in [-0.2, 0) is 9.59 Å². The molecule has 0 unspecified atom stereocenters. The Balaban J connectivity index is 2.05. The second-order valence-electron chi connectivity index (χ2n) is 5.58. The van der Waals surface area contributed by atoms with Crippen LogP contribution in [0.5, 0.6) is 0 Å². The fourth-order valence-electron chi connectivity index (χ4n) is 2.80. The summed E-state index contributed by atoms with van der Waals surface area (Å²) < 4.78 is 0. The number of piperidine rings is 1. The van der Waals surface area contributed by atoms with E-state index in [2.05, 4.69) is 5.32 Å². The summed E-state index contributed by atoms with van der Waals surface area (Å²) in [6.07, 6.45) is 0.00101. The summed E-state index contributed by atoms with van der Waals surface area (Å²) in [6.45, 7) is 1.39. The van der Waals surface area contributed by atoms with Crippen LogP contribution in [-0.4, -0.2) is 39.0 Å². The molecule has 0 aromatic heterocycles. The fourth-order valence-corrected chi connectivity index (χ4v) is 2.80. The van der Waals surface area contributed by atoms with E-state index in [0.29, 0.717) is 0 Å². The molecule has 1 aromatic carbocycles. The van der Waals surface area contributed by atoms with Gasteiger partial charge < -0.3 is 0 Å². The van der Waals surface area contributed by atoms with Crippen LogP contribution in [0, 0.1) is 10.1 Å². The molecule has 3 rings (SSSR count). The van der Waals surface area contributed by atoms with Gasteiger partial charge in [0.2, 0.25) is 5.91 Å². The van der Waals surface area contributed by atoms with E-state index in [1.807, 2.05) is 0 Å². The maximum absolute atomic E-state index is 12.5. The molecule has 4 amide bonds. The number of nitrogens with zero attached hydrogens (tertiary/aromatic N) is 2. The van der Waals surface area contributed by atoms with Gasteiger partial charge in [-0.1, -0.05) is 0 Å². The topological polar surface area (TPSA) is 127 Å². The molecular formula is C14H11N3O6. The molecule has 1 N–H and O–H groups in total. The van der Waals surface area contributed by atoms with Gasteiger partial charge in [-0.15, -0.1) is 0 Å². The van der Waals surface area contributed by atoms with Crippen LogP contribution in [0.15, 0.2) is 18.2 Å². The molecular weight excluding hydrogens is 306 g/mol. The van der Waals surface area contributed by atoms with E-state index in [0.717, 1.165) is 17.0 Å². The molecule has 2 aliphatic heterocycles. The zero-order valence-electron chi connectivity index (χ0n) is 12.0. The lowest BCUT2D eigenvalue weighted by atomic mass is 9.89. The van der Waals surface area contributed by atoms with Crippen LogP contribution in [0.2, 0.25) is 0 Å². The summed E-state index contributed by atoms with van der Waals surface area (Å²) in [6, 6.07) is 3.34. The standard InChI is InChI=1S/C14H11N3O6/c1-14(5-4-10(18)15-13(14)21)16-11(19)8-3-2-7(17(22)23)6-9(8)12(16)20/h2-3,6H,4-5H2,1H3,(H,15,18,21)/t14-/m0/s1. The van der Waals surface area contributed by atoms with Gasteiger partial charge in [0, 0.05) is 18.6 Å². The van der Waals surface area contributed by atoms with Gasteiger partial charge in [-0.25, -0.2) is 0 Å². The van der Waals surface area contributed by atoms with E-state index in [4.69, 9.17) is 0 Å². The van der Waals surface area contributed by atoms with Crippen molar-refractivity contribution in [2.24, 2.45) is 0 Å². The predicted octanol–water partition coefficient (Wildman–Crippen LogP) is 0.386. The Bertz CT molecular complexity index is 802. The first-order chi connectivity index (χ1) is 10.8. The van der Waals surface area contributed by atoms with Crippen molar-refractivity contribution in [1.82, 2.24) is 10.2 Å². The Morgan fingerprint density at radius 2 is 1.83 bits per heavy atom. The number of hydrogen-bond acceptors (Lipinski definition) is 6. The highest BCUT2D eigenvalue weighted by molar-refractivity contribution is 6.24. The van der Waals surface area contributed by atoms with Crippen molar-refractivity contribution in [3.8, 4) is 0 Å². The number of benzene rings is 1. The lowest BCUT2D eigenvalue weighted by Gasteiger charge is -2.38. The number of carbonyl (C=O) groups excluding carboxylic acids is 4. The molecule has 0 radical (unpaired) electrons. The number of nitrogens with one attached hydrogen (secondary N) is 1. The third-order valence-corrected chi connectivity index (χ3v) is 4.16. The second kappa shape index (κ2) is 4.70. The van der Waals surface area contributed by atoms with Gasteiger partial charge in [0.25, 0.3) is 23.4 Å². The number of nitro benzene ring substituents is 1. The normalized spacial score (nSPS) is 23.8. The molecule has 118 valence electrons. The highest BCUT2D eigenvalue weighted by atomic mass is 16.6. The number of carbonyl (C=O) groups is 4. The van der Waals surface area contributed by atoms with E-state index in [-0.39, 0.29) is 29.7 Å². The number of non-ortho nitro benzene ring substituents is 1. The third kappa shape index (κ3) is 2.00. The zero-order chi connectivity index (χ0) is 16.9. The summed E-state index contributed by atoms with van der Waals surface area (Å²) in [5.74, 6) is -2.69. The molecule has 9 nitrogen and oxygen atoms in total. The van der Waals surface area contributed by atoms with E-state index in [1.54, 1.807) is 0 Å². The first-order valence-corrected chi connectivity index (χ1v) is 6.77. The molecule has 0 saturated carbocycles. The van der Waals surface area contributed by atoms with Crippen LogP contribution in [0.1, 0.15) is 40.5 Å². The Kier molecular flexibility index (Phi) is 3.03. The molecule has 1 aromatic rings. The van der Waals surface area contributed by atoms with Crippen molar-refractivity contribution < 1.29 is 24.1 Å². The van der Waals surface area contributed by atoms with Crippen molar-refractivity contribution >= 4 is 29.3 Å². The minimum Gasteiger partial charge on any atom is -0.294 e. The van der Waals surface area contributed by atoms with Crippen LogP contribution >= 0.6 is 0 Å². The predicted molar refractivity (Wildman–Crippen MR) is 74.4 cm³/mol. The number of rotatable bonds is 2. The van der Waals surface area contributed by atoms with Crippen molar-refractivity contribution in [1.29, 1.82) is 0 Å². The highest BCUT2D eigenvalue weighted by Gasteiger charge is 2.52. The molecule has 1 atom stereocenters. The monoisotopic (exact) mass is 317 g/mol. The quantitative estimate of drug-likeness (QED) is 0.477. The molecule has 9 heteroatoms. The van der Waals surface area contributed by atoms with Crippen molar-refractivity contribution in [2.75, 3.05) is 0 Å². The molecule has 1 fully saturated rings. The number of fused-ring (bicyclic) bond motifs is 1. The lowest BCUT2D eigenvalue weighted by molar-refractivity contribution is -0.384. The first kappa shape index (κ1) is 14.8. The molecule has 2 aliphatic rings. The average molecular weight is 317 g/mol. The second-order valence-corrected chi connectivity index (χ2v) is 5.58. The first-order valence-electron chi connectivity index (χ1n) is 6.77. The summed E-state index contributed by atoms with van der Waals surface area (Å²) >= 11 is 0. The Hall–Kier alpha value is -3.10. The summed E-state index contributed by atoms with van der Waals surface area (Å²) in [5, 5.41) is 12.9. The molecule has 1 saturated heterocycles. The highest BCUT2D eigenvalue weighted by Crippen LogP contribution is 2.35. The van der Waals surface area contributed by atoms with Gasteiger partial charge >= 0.3 is 0 Å². The number of hydrogen-bond donors (Lipinski definition) is 1. The zero-order valence-corrected chi connectivity index (χ0v) is 12.0. The molecule has 0 bridgehead atoms. The maximum Gasteiger partial charge on any atom is 0.270 e. The largest absolute Gasteiger partial charge is 0.294 e. The fraction of sp³-hybridized carbons (Fsp3) is 0.286. The summed E-state index contributed by atoms with van der Waals surface area (Å²) in [4.78, 5) is 59.4. The summed E-state index contributed by atoms with van der Waals surface area (Å²) in [5.41, 5.74) is -1.93. The van der Waals surface area contributed by atoms with E-state index >= 15 is 0 Å². The third-order valence-electron chi connectivity index (χ3n) is 4.16. The average Bonchev–Trinajstić information content (AvgIpc) is 2.75. The molecule has 0 spiro atoms. The minimum atomic E-state index is -1.50. The van der Waals surface area contributed by atoms with Crippen LogP contribution in [0.3, 0.4) is 0 Å². The van der Waals surface area contributed by atoms with E-state index in [1.165, 1.54) is 13.0 Å². The Morgan fingerprint density at radius 3 is 2.43 bits per heavy atom. The van der Waals surface area contributed by atoms with E-state index < -0.39 is 34.1 Å². The lowest BCUT2D eigenvalue weighted by Crippen LogP contribution is -2.62. The van der Waals surface area contributed by atoms with Gasteiger partial charge in [-0.3, -0.25) is 39.5 Å². The van der Waals surface area contributed by atoms with Crippen molar-refractivity contribution in [3.63, 3.8) is 0 Å². The number of amides is 4. The van der Waals surface area contributed by atoms with Gasteiger partial charge in [-0.05, 0) is 19.4 Å². The SMILES string of the molecule is C[C@]1(N2C(=O)c3ccc([N+](=O)[O-])cc3C2=O)CCC(=O)NC1=O. The Labute approximate surface area is 129 Å². The van der Waals surface area contributed by atoms with Crippen LogP contribution in [0.25, 0.3) is 0 Å². The van der Waals surface area contributed by atoms with Gasteiger partial charge in [-0.2, -0.15) is 0 Å². The van der Waals surface area contributed by atoms with E-state index in [9.17, 15) is 29.3 Å². The van der Waals surface area contributed by atoms with Crippen molar-refractivity contribution in [2.45, 2.75) is 25.3 Å². The molecule has 2 heterocycles. The molecule has 23 heavy (non-hydrogen) atoms. The Morgan fingerprint density at radius 1 is 1.17 bits per heavy atom. The van der Waals surface area contributed by atoms with Gasteiger partial charge in [0.05, 0.1) is 16.1 Å². The van der Waals surface area contributed by atoms with Crippen LogP contribution < -0.4 is 5.32 Å². The maximum atomic E-state index is 12.5.